The second-order valence-corrected chi connectivity index (χ2v) is 4.51. The predicted octanol–water partition coefficient (Wildman–Crippen LogP) is 3.60. The highest BCUT2D eigenvalue weighted by molar-refractivity contribution is 5.42. The maximum Gasteiger partial charge on any atom is 0.121 e. The van der Waals surface area contributed by atoms with Crippen molar-refractivity contribution in [2.24, 2.45) is 5.92 Å². The average Bonchev–Trinajstić information content (AvgIpc) is 2.10. The van der Waals surface area contributed by atoms with Crippen LogP contribution in [0.3, 0.4) is 0 Å². The van der Waals surface area contributed by atoms with Gasteiger partial charge in [-0.05, 0) is 49.3 Å². The minimum absolute atomic E-state index is 0.443. The molecular formula is C13H20O. The van der Waals surface area contributed by atoms with Crippen molar-refractivity contribution in [2.75, 3.05) is 0 Å². The summed E-state index contributed by atoms with van der Waals surface area (Å²) in [5.74, 6) is 1.18. The summed E-state index contributed by atoms with van der Waals surface area (Å²) in [6, 6.07) is 4.18. The molecule has 0 bridgehead atoms. The second-order valence-electron chi connectivity index (χ2n) is 4.51. The fourth-order valence-electron chi connectivity index (χ4n) is 1.65. The minimum Gasteiger partial charge on any atom is -0.507 e. The Balaban J connectivity index is 2.79. The topological polar surface area (TPSA) is 20.2 Å². The molecule has 78 valence electrons. The summed E-state index contributed by atoms with van der Waals surface area (Å²) in [5.41, 5.74) is 3.32. The van der Waals surface area contributed by atoms with Crippen molar-refractivity contribution in [3.8, 4) is 5.75 Å². The first-order valence-electron chi connectivity index (χ1n) is 5.29. The van der Waals surface area contributed by atoms with E-state index in [0.29, 0.717) is 5.75 Å². The Morgan fingerprint density at radius 2 is 1.64 bits per heavy atom. The molecule has 0 spiro atoms. The Bertz CT molecular complexity index is 290. The molecule has 0 heterocycles. The first-order chi connectivity index (χ1) is 6.50. The number of rotatable bonds is 3. The third-order valence-electron chi connectivity index (χ3n) is 2.56. The molecule has 1 nitrogen and oxygen atoms in total. The molecule has 0 saturated heterocycles. The van der Waals surface area contributed by atoms with Crippen molar-refractivity contribution in [3.63, 3.8) is 0 Å². The molecule has 14 heavy (non-hydrogen) atoms. The third-order valence-corrected chi connectivity index (χ3v) is 2.56. The Hall–Kier alpha value is -0.980. The first-order valence-corrected chi connectivity index (χ1v) is 5.29. The summed E-state index contributed by atoms with van der Waals surface area (Å²) < 4.78 is 0. The van der Waals surface area contributed by atoms with Gasteiger partial charge in [0.25, 0.3) is 0 Å². The van der Waals surface area contributed by atoms with Crippen molar-refractivity contribution in [3.05, 3.63) is 28.8 Å². The Labute approximate surface area is 86.8 Å². The summed E-state index contributed by atoms with van der Waals surface area (Å²) in [6.45, 7) is 8.39. The fourth-order valence-corrected chi connectivity index (χ4v) is 1.65. The van der Waals surface area contributed by atoms with Crippen molar-refractivity contribution in [1.29, 1.82) is 0 Å². The maximum absolute atomic E-state index is 9.61. The molecule has 1 aromatic carbocycles. The lowest BCUT2D eigenvalue weighted by molar-refractivity contribution is 0.466. The summed E-state index contributed by atoms with van der Waals surface area (Å²) >= 11 is 0. The lowest BCUT2D eigenvalue weighted by Crippen LogP contribution is -1.94. The van der Waals surface area contributed by atoms with Crippen LogP contribution in [0, 0.1) is 19.8 Å². The molecule has 0 aliphatic heterocycles. The lowest BCUT2D eigenvalue weighted by atomic mass is 9.99. The van der Waals surface area contributed by atoms with E-state index < -0.39 is 0 Å². The van der Waals surface area contributed by atoms with Crippen LogP contribution in [-0.4, -0.2) is 5.11 Å². The van der Waals surface area contributed by atoms with Crippen LogP contribution in [0.4, 0.5) is 0 Å². The van der Waals surface area contributed by atoms with Gasteiger partial charge in [0, 0.05) is 0 Å². The molecule has 1 aromatic rings. The lowest BCUT2D eigenvalue weighted by Gasteiger charge is -2.09. The normalized spacial score (nSPS) is 10.9. The maximum atomic E-state index is 9.61. The van der Waals surface area contributed by atoms with Gasteiger partial charge in [-0.15, -0.1) is 0 Å². The quantitative estimate of drug-likeness (QED) is 0.775. The van der Waals surface area contributed by atoms with Crippen LogP contribution in [-0.2, 0) is 6.42 Å². The van der Waals surface area contributed by atoms with Gasteiger partial charge in [-0.1, -0.05) is 26.0 Å². The van der Waals surface area contributed by atoms with Crippen molar-refractivity contribution in [2.45, 2.75) is 40.5 Å². The fraction of sp³-hybridized carbons (Fsp3) is 0.538. The number of benzene rings is 1. The van der Waals surface area contributed by atoms with Crippen molar-refractivity contribution in [1.82, 2.24) is 0 Å². The number of hydrogen-bond donors (Lipinski definition) is 1. The Morgan fingerprint density at radius 1 is 1.14 bits per heavy atom. The van der Waals surface area contributed by atoms with E-state index in [9.17, 15) is 5.11 Å². The number of aromatic hydroxyl groups is 1. The molecule has 0 unspecified atom stereocenters. The minimum atomic E-state index is 0.443. The standard InChI is InChI=1S/C13H20O/c1-9(2)5-6-12-7-10(3)13(14)11(4)8-12/h7-9,14H,5-6H2,1-4H3. The molecule has 0 atom stereocenters. The Morgan fingerprint density at radius 3 is 2.07 bits per heavy atom. The molecular weight excluding hydrogens is 172 g/mol. The van der Waals surface area contributed by atoms with E-state index >= 15 is 0 Å². The summed E-state index contributed by atoms with van der Waals surface area (Å²) in [5, 5.41) is 9.61. The zero-order chi connectivity index (χ0) is 10.7. The number of aryl methyl sites for hydroxylation is 3. The van der Waals surface area contributed by atoms with Crippen LogP contribution in [0.2, 0.25) is 0 Å². The van der Waals surface area contributed by atoms with Gasteiger partial charge in [-0.3, -0.25) is 0 Å². The molecule has 1 heteroatoms. The van der Waals surface area contributed by atoms with E-state index in [0.717, 1.165) is 23.5 Å². The largest absolute Gasteiger partial charge is 0.507 e. The van der Waals surface area contributed by atoms with Crippen LogP contribution in [0.5, 0.6) is 5.75 Å². The van der Waals surface area contributed by atoms with Crippen LogP contribution < -0.4 is 0 Å². The average molecular weight is 192 g/mol. The van der Waals surface area contributed by atoms with Gasteiger partial charge >= 0.3 is 0 Å². The van der Waals surface area contributed by atoms with Crippen LogP contribution in [0.1, 0.15) is 37.0 Å². The molecule has 0 saturated carbocycles. The van der Waals surface area contributed by atoms with E-state index in [1.165, 1.54) is 12.0 Å². The summed E-state index contributed by atoms with van der Waals surface area (Å²) in [6.07, 6.45) is 2.32. The molecule has 0 radical (unpaired) electrons. The van der Waals surface area contributed by atoms with Crippen molar-refractivity contribution < 1.29 is 5.11 Å². The SMILES string of the molecule is Cc1cc(CCC(C)C)cc(C)c1O. The van der Waals surface area contributed by atoms with Crippen LogP contribution in [0.25, 0.3) is 0 Å². The zero-order valence-corrected chi connectivity index (χ0v) is 9.59. The number of phenols is 1. The summed E-state index contributed by atoms with van der Waals surface area (Å²) in [7, 11) is 0. The van der Waals surface area contributed by atoms with Gasteiger partial charge in [0.2, 0.25) is 0 Å². The van der Waals surface area contributed by atoms with E-state index in [2.05, 4.69) is 26.0 Å². The molecule has 0 amide bonds. The monoisotopic (exact) mass is 192 g/mol. The second kappa shape index (κ2) is 4.50. The van der Waals surface area contributed by atoms with Gasteiger partial charge in [0.05, 0.1) is 0 Å². The Kier molecular flexibility index (Phi) is 3.56. The van der Waals surface area contributed by atoms with Gasteiger partial charge < -0.3 is 5.11 Å². The van der Waals surface area contributed by atoms with E-state index in [-0.39, 0.29) is 0 Å². The summed E-state index contributed by atoms with van der Waals surface area (Å²) in [4.78, 5) is 0. The van der Waals surface area contributed by atoms with Gasteiger partial charge in [-0.25, -0.2) is 0 Å². The molecule has 0 fully saturated rings. The molecule has 0 aliphatic carbocycles. The van der Waals surface area contributed by atoms with Gasteiger partial charge in [0.15, 0.2) is 0 Å². The van der Waals surface area contributed by atoms with E-state index in [1.807, 2.05) is 13.8 Å². The highest BCUT2D eigenvalue weighted by Gasteiger charge is 2.03. The highest BCUT2D eigenvalue weighted by atomic mass is 16.3. The molecule has 0 aliphatic rings. The predicted molar refractivity (Wildman–Crippen MR) is 60.7 cm³/mol. The van der Waals surface area contributed by atoms with Crippen molar-refractivity contribution >= 4 is 0 Å². The molecule has 1 rings (SSSR count). The molecule has 0 aromatic heterocycles. The third kappa shape index (κ3) is 2.76. The van der Waals surface area contributed by atoms with Gasteiger partial charge in [0.1, 0.15) is 5.75 Å². The smallest absolute Gasteiger partial charge is 0.121 e. The highest BCUT2D eigenvalue weighted by Crippen LogP contribution is 2.23. The molecule has 1 N–H and O–H groups in total. The van der Waals surface area contributed by atoms with Gasteiger partial charge in [-0.2, -0.15) is 0 Å². The van der Waals surface area contributed by atoms with Crippen LogP contribution in [0.15, 0.2) is 12.1 Å². The van der Waals surface area contributed by atoms with E-state index in [4.69, 9.17) is 0 Å². The van der Waals surface area contributed by atoms with Crippen LogP contribution >= 0.6 is 0 Å². The number of hydrogen-bond acceptors (Lipinski definition) is 1. The number of phenolic OH excluding ortho intramolecular Hbond substituents is 1. The van der Waals surface area contributed by atoms with E-state index in [1.54, 1.807) is 0 Å². The zero-order valence-electron chi connectivity index (χ0n) is 9.59. The first kappa shape index (κ1) is 11.1.